The van der Waals surface area contributed by atoms with Gasteiger partial charge in [0.2, 0.25) is 0 Å². The SMILES string of the molecule is [2H]C([2H])(c1ccc(-c2ccnc(-c3cc(-c4cccc5c4nc(-c4cccc(-c6ccccc6)c4O)n5-c4ccc(C([2H])([2H])C5CCCC5)cc4-c4ccccc4)cc(C(C)(C)C)c3)c2)cc1)C1CCCC1. The van der Waals surface area contributed by atoms with Crippen molar-refractivity contribution in [2.45, 2.75) is 90.3 Å². The molecule has 68 heavy (non-hydrogen) atoms. The quantitative estimate of drug-likeness (QED) is 0.141. The van der Waals surface area contributed by atoms with Gasteiger partial charge in [0.15, 0.2) is 0 Å². The topological polar surface area (TPSA) is 50.9 Å². The lowest BCUT2D eigenvalue weighted by molar-refractivity contribution is 0.479. The Labute approximate surface area is 408 Å². The Bertz CT molecular complexity index is 3420. The zero-order valence-electron chi connectivity index (χ0n) is 43.3. The van der Waals surface area contributed by atoms with Crippen LogP contribution in [0.5, 0.6) is 5.75 Å². The number of phenolic OH excluding ortho intramolecular Hbond substituents is 1. The third-order valence-electron chi connectivity index (χ3n) is 14.2. The Hall–Kier alpha value is -7.04. The fourth-order valence-electron chi connectivity index (χ4n) is 10.5. The second-order valence-corrected chi connectivity index (χ2v) is 19.9. The van der Waals surface area contributed by atoms with Crippen LogP contribution in [0.3, 0.4) is 0 Å². The molecule has 1 N–H and O–H groups in total. The van der Waals surface area contributed by atoms with Crippen LogP contribution in [0.25, 0.3) is 83.9 Å². The summed E-state index contributed by atoms with van der Waals surface area (Å²) in [6, 6.07) is 57.2. The first kappa shape index (κ1) is 39.0. The summed E-state index contributed by atoms with van der Waals surface area (Å²) in [5.74, 6) is 0.709. The number of para-hydroxylation sites is 2. The Kier molecular flexibility index (Phi) is 10.6. The van der Waals surface area contributed by atoms with Crippen molar-refractivity contribution >= 4 is 11.0 Å². The maximum atomic E-state index is 12.4. The molecule has 0 aliphatic heterocycles. The second kappa shape index (κ2) is 18.6. The number of rotatable bonds is 11. The van der Waals surface area contributed by atoms with Crippen molar-refractivity contribution in [3.63, 3.8) is 0 Å². The highest BCUT2D eigenvalue weighted by Gasteiger charge is 2.26. The summed E-state index contributed by atoms with van der Waals surface area (Å²) in [7, 11) is 0. The molecule has 0 unspecified atom stereocenters. The molecule has 0 radical (unpaired) electrons. The molecule has 0 spiro atoms. The van der Waals surface area contributed by atoms with Crippen molar-refractivity contribution in [2.24, 2.45) is 11.8 Å². The van der Waals surface area contributed by atoms with E-state index in [2.05, 4.69) is 86.0 Å². The van der Waals surface area contributed by atoms with Crippen LogP contribution < -0.4 is 0 Å². The number of hydrogen-bond donors (Lipinski definition) is 1. The molecular weight excluding hydrogens is 827 g/mol. The Balaban J connectivity index is 1.09. The molecule has 2 fully saturated rings. The predicted molar refractivity (Wildman–Crippen MR) is 283 cm³/mol. The van der Waals surface area contributed by atoms with Gasteiger partial charge < -0.3 is 5.11 Å². The minimum absolute atomic E-state index is 0.0463. The number of phenols is 1. The minimum atomic E-state index is -1.51. The van der Waals surface area contributed by atoms with Gasteiger partial charge in [0.1, 0.15) is 11.6 Å². The molecule has 4 nitrogen and oxygen atoms in total. The van der Waals surface area contributed by atoms with E-state index >= 15 is 0 Å². The fraction of sp³-hybridized carbons (Fsp3) is 0.250. The van der Waals surface area contributed by atoms with E-state index in [-0.39, 0.29) is 23.0 Å². The summed E-state index contributed by atoms with van der Waals surface area (Å²) in [4.78, 5) is 10.5. The molecule has 338 valence electrons. The van der Waals surface area contributed by atoms with Gasteiger partial charge >= 0.3 is 0 Å². The van der Waals surface area contributed by atoms with Gasteiger partial charge in [-0.05, 0) is 123 Å². The molecule has 0 atom stereocenters. The molecule has 2 heterocycles. The molecule has 7 aromatic carbocycles. The van der Waals surface area contributed by atoms with E-state index in [1.54, 1.807) is 0 Å². The van der Waals surface area contributed by atoms with E-state index in [1.807, 2.05) is 115 Å². The van der Waals surface area contributed by atoms with Crippen molar-refractivity contribution in [1.82, 2.24) is 14.5 Å². The van der Waals surface area contributed by atoms with Gasteiger partial charge in [0.25, 0.3) is 0 Å². The first-order valence-electron chi connectivity index (χ1n) is 26.6. The molecule has 2 aromatic heterocycles. The average Bonchev–Trinajstić information content (AvgIpc) is 4.23. The highest BCUT2D eigenvalue weighted by Crippen LogP contribution is 2.44. The van der Waals surface area contributed by atoms with E-state index in [9.17, 15) is 7.85 Å². The van der Waals surface area contributed by atoms with Gasteiger partial charge in [-0.3, -0.25) is 9.55 Å². The Morgan fingerprint density at radius 1 is 0.529 bits per heavy atom. The van der Waals surface area contributed by atoms with Crippen LogP contribution in [0.1, 0.15) is 94.3 Å². The lowest BCUT2D eigenvalue weighted by Crippen LogP contribution is -2.11. The van der Waals surface area contributed by atoms with E-state index in [4.69, 9.17) is 12.7 Å². The third-order valence-corrected chi connectivity index (χ3v) is 14.2. The molecule has 9 aromatic rings. The standard InChI is InChI=1S/C64H61N3O/c1-64(2,3)53-40-51(39-52(41-53)58-42-50(34-35-65-58)47-31-28-45(29-32-47)36-43-16-10-11-17-43)54-24-15-27-60-61(54)66-63(56-26-14-25-55(62(56)68)48-20-6-4-7-21-48)67(60)59-33-30-46(37-44-18-12-13-19-44)38-57(59)49-22-8-5-9-23-49/h4-9,14-15,20-35,38-44,68H,10-13,16-19,36-37H2,1-3H3/i36D2,37D2. The Morgan fingerprint density at radius 3 is 1.82 bits per heavy atom. The smallest absolute Gasteiger partial charge is 0.149 e. The van der Waals surface area contributed by atoms with Crippen molar-refractivity contribution in [1.29, 1.82) is 0 Å². The van der Waals surface area contributed by atoms with Crippen molar-refractivity contribution < 1.29 is 10.6 Å². The summed E-state index contributed by atoms with van der Waals surface area (Å²) in [6.07, 6.45) is 6.92. The summed E-state index contributed by atoms with van der Waals surface area (Å²) < 4.78 is 39.1. The van der Waals surface area contributed by atoms with E-state index in [1.165, 1.54) is 0 Å². The molecule has 0 amide bonds. The minimum Gasteiger partial charge on any atom is -0.507 e. The summed E-state index contributed by atoms with van der Waals surface area (Å²) >= 11 is 0. The number of benzene rings is 7. The van der Waals surface area contributed by atoms with Gasteiger partial charge in [0.05, 0.1) is 28.0 Å². The Morgan fingerprint density at radius 2 is 1.13 bits per heavy atom. The van der Waals surface area contributed by atoms with Crippen LogP contribution in [0.4, 0.5) is 0 Å². The molecule has 2 saturated carbocycles. The van der Waals surface area contributed by atoms with Gasteiger partial charge in [0, 0.05) is 33.9 Å². The molecule has 0 saturated heterocycles. The molecular formula is C64H61N3O. The predicted octanol–water partition coefficient (Wildman–Crippen LogP) is 16.9. The molecule has 2 aliphatic carbocycles. The van der Waals surface area contributed by atoms with Crippen LogP contribution in [-0.2, 0) is 18.2 Å². The largest absolute Gasteiger partial charge is 0.507 e. The van der Waals surface area contributed by atoms with Crippen molar-refractivity contribution in [3.8, 4) is 78.6 Å². The third kappa shape index (κ3) is 8.81. The number of imidazole rings is 1. The van der Waals surface area contributed by atoms with E-state index < -0.39 is 12.7 Å². The number of hydrogen-bond acceptors (Lipinski definition) is 3. The van der Waals surface area contributed by atoms with Gasteiger partial charge in [-0.15, -0.1) is 0 Å². The van der Waals surface area contributed by atoms with Crippen LogP contribution in [0.2, 0.25) is 0 Å². The molecule has 0 bridgehead atoms. The summed E-state index contributed by atoms with van der Waals surface area (Å²) in [5, 5.41) is 12.4. The second-order valence-electron chi connectivity index (χ2n) is 19.9. The maximum Gasteiger partial charge on any atom is 0.149 e. The average molecular weight is 892 g/mol. The number of aromatic nitrogens is 3. The zero-order chi connectivity index (χ0) is 49.8. The van der Waals surface area contributed by atoms with E-state index in [0.29, 0.717) is 22.5 Å². The van der Waals surface area contributed by atoms with Crippen molar-refractivity contribution in [3.05, 3.63) is 193 Å². The lowest BCUT2D eigenvalue weighted by atomic mass is 9.83. The summed E-state index contributed by atoms with van der Waals surface area (Å²) in [6.45, 7) is 6.68. The van der Waals surface area contributed by atoms with Gasteiger partial charge in [-0.25, -0.2) is 4.98 Å². The van der Waals surface area contributed by atoms with E-state index in [0.717, 1.165) is 129 Å². The van der Waals surface area contributed by atoms with Crippen LogP contribution in [-0.4, -0.2) is 19.6 Å². The van der Waals surface area contributed by atoms with Crippen molar-refractivity contribution in [2.75, 3.05) is 0 Å². The number of nitrogens with zero attached hydrogens (tertiary/aromatic N) is 3. The normalized spacial score (nSPS) is 15.9. The van der Waals surface area contributed by atoms with Gasteiger partial charge in [-0.2, -0.15) is 0 Å². The van der Waals surface area contributed by atoms with Crippen LogP contribution in [0.15, 0.2) is 176 Å². The summed E-state index contributed by atoms with van der Waals surface area (Å²) in [5.41, 5.74) is 14.5. The van der Waals surface area contributed by atoms with Gasteiger partial charge in [-0.1, -0.05) is 193 Å². The molecule has 11 rings (SSSR count). The highest BCUT2D eigenvalue weighted by molar-refractivity contribution is 5.98. The van der Waals surface area contributed by atoms with Crippen LogP contribution in [0, 0.1) is 11.8 Å². The van der Waals surface area contributed by atoms with Crippen LogP contribution >= 0.6 is 0 Å². The zero-order valence-corrected chi connectivity index (χ0v) is 39.3. The maximum absolute atomic E-state index is 12.4. The monoisotopic (exact) mass is 892 g/mol. The number of pyridine rings is 1. The highest BCUT2D eigenvalue weighted by atomic mass is 16.3. The first-order chi connectivity index (χ1) is 34.8. The number of aromatic hydroxyl groups is 1. The lowest BCUT2D eigenvalue weighted by Gasteiger charge is -2.22. The first-order valence-corrected chi connectivity index (χ1v) is 24.6. The number of fused-ring (bicyclic) bond motifs is 1. The fourth-order valence-corrected chi connectivity index (χ4v) is 10.5. The molecule has 2 aliphatic rings. The molecule has 4 heteroatoms.